The van der Waals surface area contributed by atoms with Gasteiger partial charge in [0, 0.05) is 12.6 Å². The van der Waals surface area contributed by atoms with E-state index in [1.807, 2.05) is 26.9 Å². The standard InChI is InChI=1S/C15H24FNO3Si/c1-15(2,21(5,6)19)10-12-9-11(7-8-13(12)16)14(18)17(3)20-4/h7-9,19H,10H2,1-6H3. The number of halogens is 1. The van der Waals surface area contributed by atoms with Gasteiger partial charge in [0.25, 0.3) is 5.91 Å². The van der Waals surface area contributed by atoms with Gasteiger partial charge in [-0.25, -0.2) is 9.45 Å². The number of benzene rings is 1. The van der Waals surface area contributed by atoms with Crippen LogP contribution < -0.4 is 0 Å². The largest absolute Gasteiger partial charge is 0.432 e. The summed E-state index contributed by atoms with van der Waals surface area (Å²) in [4.78, 5) is 27.2. The fraction of sp³-hybridized carbons (Fsp3) is 0.533. The lowest BCUT2D eigenvalue weighted by atomic mass is 9.99. The van der Waals surface area contributed by atoms with Gasteiger partial charge in [-0.05, 0) is 48.3 Å². The fourth-order valence-corrected chi connectivity index (χ4v) is 2.42. The van der Waals surface area contributed by atoms with E-state index in [0.717, 1.165) is 5.06 Å². The third-order valence-corrected chi connectivity index (χ3v) is 7.63. The lowest BCUT2D eigenvalue weighted by Gasteiger charge is -2.35. The second-order valence-corrected chi connectivity index (χ2v) is 10.9. The van der Waals surface area contributed by atoms with Crippen LogP contribution in [-0.4, -0.2) is 38.2 Å². The monoisotopic (exact) mass is 313 g/mol. The molecular formula is C15H24FNO3Si. The van der Waals surface area contributed by atoms with Gasteiger partial charge in [0.15, 0.2) is 8.32 Å². The fourth-order valence-electron chi connectivity index (χ4n) is 1.80. The van der Waals surface area contributed by atoms with Crippen LogP contribution in [-0.2, 0) is 11.3 Å². The normalized spacial score (nSPS) is 12.4. The predicted octanol–water partition coefficient (Wildman–Crippen LogP) is 2.98. The molecule has 0 saturated heterocycles. The van der Waals surface area contributed by atoms with Gasteiger partial charge in [0.1, 0.15) is 5.82 Å². The van der Waals surface area contributed by atoms with Crippen molar-refractivity contribution >= 4 is 14.2 Å². The molecule has 0 aromatic heterocycles. The minimum absolute atomic E-state index is 0.336. The van der Waals surface area contributed by atoms with E-state index in [4.69, 9.17) is 4.84 Å². The van der Waals surface area contributed by atoms with Crippen molar-refractivity contribution in [2.75, 3.05) is 14.2 Å². The Morgan fingerprint density at radius 1 is 1.43 bits per heavy atom. The SMILES string of the molecule is CON(C)C(=O)c1ccc(F)c(CC(C)(C)[Si](C)(C)O)c1. The number of hydrogen-bond acceptors (Lipinski definition) is 3. The third kappa shape index (κ3) is 4.12. The maximum absolute atomic E-state index is 14.0. The zero-order chi connectivity index (χ0) is 16.4. The molecular weight excluding hydrogens is 289 g/mol. The lowest BCUT2D eigenvalue weighted by molar-refractivity contribution is -0.0757. The molecule has 0 fully saturated rings. The van der Waals surface area contributed by atoms with Crippen molar-refractivity contribution < 1.29 is 18.8 Å². The van der Waals surface area contributed by atoms with E-state index >= 15 is 0 Å². The summed E-state index contributed by atoms with van der Waals surface area (Å²) in [6, 6.07) is 4.26. The molecule has 21 heavy (non-hydrogen) atoms. The molecule has 1 aromatic rings. The van der Waals surface area contributed by atoms with Crippen LogP contribution in [0.25, 0.3) is 0 Å². The Labute approximate surface area is 126 Å². The predicted molar refractivity (Wildman–Crippen MR) is 82.9 cm³/mol. The van der Waals surface area contributed by atoms with Crippen molar-refractivity contribution in [2.24, 2.45) is 0 Å². The van der Waals surface area contributed by atoms with Gasteiger partial charge in [0.2, 0.25) is 0 Å². The number of carbonyl (C=O) groups is 1. The maximum atomic E-state index is 14.0. The highest BCUT2D eigenvalue weighted by Crippen LogP contribution is 2.39. The van der Waals surface area contributed by atoms with Crippen molar-refractivity contribution in [3.05, 3.63) is 35.1 Å². The molecule has 0 aliphatic carbocycles. The van der Waals surface area contributed by atoms with Crippen LogP contribution in [0.3, 0.4) is 0 Å². The van der Waals surface area contributed by atoms with Crippen LogP contribution in [0.1, 0.15) is 29.8 Å². The number of amides is 1. The molecule has 0 spiro atoms. The summed E-state index contributed by atoms with van der Waals surface area (Å²) in [6.07, 6.45) is 0.381. The molecule has 1 amide bonds. The van der Waals surface area contributed by atoms with Crippen molar-refractivity contribution in [2.45, 2.75) is 38.4 Å². The van der Waals surface area contributed by atoms with Crippen LogP contribution in [0.5, 0.6) is 0 Å². The Morgan fingerprint density at radius 3 is 2.48 bits per heavy atom. The summed E-state index contributed by atoms with van der Waals surface area (Å²) in [6.45, 7) is 7.51. The van der Waals surface area contributed by atoms with E-state index in [0.29, 0.717) is 17.5 Å². The summed E-state index contributed by atoms with van der Waals surface area (Å²) in [5, 5.41) is 0.690. The van der Waals surface area contributed by atoms with Gasteiger partial charge in [-0.15, -0.1) is 0 Å². The van der Waals surface area contributed by atoms with Crippen molar-refractivity contribution in [1.82, 2.24) is 5.06 Å². The first kappa shape index (κ1) is 17.8. The highest BCUT2D eigenvalue weighted by atomic mass is 28.4. The Kier molecular flexibility index (Phi) is 5.30. The number of nitrogens with zero attached hydrogens (tertiary/aromatic N) is 1. The summed E-state index contributed by atoms with van der Waals surface area (Å²) >= 11 is 0. The summed E-state index contributed by atoms with van der Waals surface area (Å²) < 4.78 is 14.0. The van der Waals surface area contributed by atoms with E-state index in [1.165, 1.54) is 32.4 Å². The highest BCUT2D eigenvalue weighted by molar-refractivity contribution is 6.72. The lowest BCUT2D eigenvalue weighted by Crippen LogP contribution is -2.40. The highest BCUT2D eigenvalue weighted by Gasteiger charge is 2.38. The maximum Gasteiger partial charge on any atom is 0.277 e. The Balaban J connectivity index is 3.12. The number of hydrogen-bond donors (Lipinski definition) is 1. The van der Waals surface area contributed by atoms with Crippen LogP contribution >= 0.6 is 0 Å². The van der Waals surface area contributed by atoms with E-state index in [-0.39, 0.29) is 11.7 Å². The molecule has 0 heterocycles. The Morgan fingerprint density at radius 2 is 2.00 bits per heavy atom. The molecule has 4 nitrogen and oxygen atoms in total. The van der Waals surface area contributed by atoms with Gasteiger partial charge in [-0.3, -0.25) is 9.63 Å². The quantitative estimate of drug-likeness (QED) is 0.671. The molecule has 6 heteroatoms. The molecule has 1 N–H and O–H groups in total. The van der Waals surface area contributed by atoms with E-state index in [2.05, 4.69) is 0 Å². The van der Waals surface area contributed by atoms with Gasteiger partial charge in [0.05, 0.1) is 7.11 Å². The summed E-state index contributed by atoms with van der Waals surface area (Å²) in [5.41, 5.74) is 0.800. The average Bonchev–Trinajstić information content (AvgIpc) is 2.38. The van der Waals surface area contributed by atoms with E-state index in [9.17, 15) is 14.0 Å². The van der Waals surface area contributed by atoms with Crippen molar-refractivity contribution in [3.8, 4) is 0 Å². The number of hydroxylamine groups is 2. The molecule has 1 aromatic carbocycles. The summed E-state index contributed by atoms with van der Waals surface area (Å²) in [7, 11) is 0.443. The molecule has 118 valence electrons. The second kappa shape index (κ2) is 6.25. The molecule has 0 unspecified atom stereocenters. The van der Waals surface area contributed by atoms with E-state index in [1.54, 1.807) is 0 Å². The first-order valence-electron chi connectivity index (χ1n) is 6.82. The second-order valence-electron chi connectivity index (χ2n) is 6.41. The van der Waals surface area contributed by atoms with Crippen LogP contribution in [0, 0.1) is 5.82 Å². The Hall–Kier alpha value is -1.24. The van der Waals surface area contributed by atoms with Gasteiger partial charge in [-0.2, -0.15) is 0 Å². The zero-order valence-electron chi connectivity index (χ0n) is 13.5. The average molecular weight is 313 g/mol. The van der Waals surface area contributed by atoms with E-state index < -0.39 is 13.4 Å². The smallest absolute Gasteiger partial charge is 0.277 e. The Bertz CT molecular complexity index is 526. The molecule has 0 atom stereocenters. The molecule has 0 saturated carbocycles. The van der Waals surface area contributed by atoms with Crippen LogP contribution in [0.4, 0.5) is 4.39 Å². The van der Waals surface area contributed by atoms with Crippen LogP contribution in [0.2, 0.25) is 18.1 Å². The van der Waals surface area contributed by atoms with Crippen molar-refractivity contribution in [3.63, 3.8) is 0 Å². The molecule has 1 rings (SSSR count). The van der Waals surface area contributed by atoms with Gasteiger partial charge < -0.3 is 4.80 Å². The first-order valence-corrected chi connectivity index (χ1v) is 9.77. The van der Waals surface area contributed by atoms with Gasteiger partial charge >= 0.3 is 0 Å². The minimum atomic E-state index is -2.45. The molecule has 0 radical (unpaired) electrons. The molecule has 0 bridgehead atoms. The number of rotatable bonds is 5. The molecule has 0 aliphatic heterocycles. The summed E-state index contributed by atoms with van der Waals surface area (Å²) in [5.74, 6) is -0.699. The topological polar surface area (TPSA) is 49.8 Å². The van der Waals surface area contributed by atoms with Gasteiger partial charge in [-0.1, -0.05) is 13.8 Å². The first-order chi connectivity index (χ1) is 9.49. The minimum Gasteiger partial charge on any atom is -0.432 e. The molecule has 0 aliphatic rings. The zero-order valence-corrected chi connectivity index (χ0v) is 14.5. The number of carbonyl (C=O) groups excluding carboxylic acids is 1. The third-order valence-electron chi connectivity index (χ3n) is 4.14. The van der Waals surface area contributed by atoms with Crippen molar-refractivity contribution in [1.29, 1.82) is 0 Å². The van der Waals surface area contributed by atoms with Crippen LogP contribution in [0.15, 0.2) is 18.2 Å².